The van der Waals surface area contributed by atoms with Crippen molar-refractivity contribution in [3.8, 4) is 0 Å². The number of rotatable bonds is 4. The van der Waals surface area contributed by atoms with E-state index in [1.54, 1.807) is 0 Å². The summed E-state index contributed by atoms with van der Waals surface area (Å²) in [6.07, 6.45) is 6.00. The van der Waals surface area contributed by atoms with Crippen LogP contribution in [0.2, 0.25) is 0 Å². The minimum absolute atomic E-state index is 0.0957. The number of aliphatic carboxylic acids is 1. The second kappa shape index (κ2) is 7.49. The molecule has 0 aromatic carbocycles. The highest BCUT2D eigenvalue weighted by atomic mass is 16.4. The maximum absolute atomic E-state index is 11.5. The van der Waals surface area contributed by atoms with Crippen LogP contribution in [0.25, 0.3) is 0 Å². The summed E-state index contributed by atoms with van der Waals surface area (Å²) in [4.78, 5) is 11.1. The molecule has 4 fully saturated rings. The molecule has 11 atom stereocenters. The Morgan fingerprint density at radius 2 is 1.76 bits per heavy atom. The van der Waals surface area contributed by atoms with Gasteiger partial charge in [-0.1, -0.05) is 20.8 Å². The van der Waals surface area contributed by atoms with Gasteiger partial charge in [0.15, 0.2) is 0 Å². The second-order valence-electron chi connectivity index (χ2n) is 11.4. The first kappa shape index (κ1) is 21.6. The zero-order valence-corrected chi connectivity index (χ0v) is 18.3. The fourth-order valence-corrected chi connectivity index (χ4v) is 8.68. The quantitative estimate of drug-likeness (QED) is 0.571. The number of carboxylic acids is 1. The summed E-state index contributed by atoms with van der Waals surface area (Å²) >= 11 is 0. The predicted octanol–water partition coefficient (Wildman–Crippen LogP) is 3.45. The van der Waals surface area contributed by atoms with Crippen molar-refractivity contribution in [2.75, 3.05) is 0 Å². The van der Waals surface area contributed by atoms with Crippen molar-refractivity contribution in [1.82, 2.24) is 0 Å². The van der Waals surface area contributed by atoms with Gasteiger partial charge in [-0.25, -0.2) is 0 Å². The Morgan fingerprint density at radius 3 is 2.45 bits per heavy atom. The maximum atomic E-state index is 11.5. The number of carbonyl (C=O) groups is 1. The summed E-state index contributed by atoms with van der Waals surface area (Å²) in [5, 5.41) is 42.0. The number of hydrogen-bond acceptors (Lipinski definition) is 4. The standard InChI is InChI=1S/C24H40O5/c1-13(4-7-21(28)29)16-5-6-17-22-18(12-20(27)24(16,17)3)23(2)9-8-15(25)10-14(23)11-19(22)26/h13-20,22,25-27H,4-12H2,1-3H3,(H,28,29)/t13?,14-,15+,16?,17-,18?,19+,20-,22?,23-,24+/m0/s1. The van der Waals surface area contributed by atoms with Crippen molar-refractivity contribution >= 4 is 5.97 Å². The number of aliphatic hydroxyl groups is 3. The Morgan fingerprint density at radius 1 is 1.03 bits per heavy atom. The molecule has 5 heteroatoms. The molecular formula is C24H40O5. The predicted molar refractivity (Wildman–Crippen MR) is 110 cm³/mol. The van der Waals surface area contributed by atoms with E-state index in [1.807, 2.05) is 0 Å². The largest absolute Gasteiger partial charge is 0.481 e. The van der Waals surface area contributed by atoms with Crippen molar-refractivity contribution in [1.29, 1.82) is 0 Å². The lowest BCUT2D eigenvalue weighted by molar-refractivity contribution is -0.207. The van der Waals surface area contributed by atoms with E-state index in [1.165, 1.54) is 0 Å². The Bertz CT molecular complexity index is 637. The first-order chi connectivity index (χ1) is 13.6. The molecule has 4 aliphatic rings. The van der Waals surface area contributed by atoms with Gasteiger partial charge in [-0.15, -0.1) is 0 Å². The third-order valence-corrected chi connectivity index (χ3v) is 10.3. The highest BCUT2D eigenvalue weighted by Crippen LogP contribution is 2.68. The molecule has 0 aliphatic heterocycles. The summed E-state index contributed by atoms with van der Waals surface area (Å²) < 4.78 is 0. The molecule has 5 nitrogen and oxygen atoms in total. The highest BCUT2D eigenvalue weighted by molar-refractivity contribution is 5.66. The van der Waals surface area contributed by atoms with E-state index < -0.39 is 12.1 Å². The Hall–Kier alpha value is -0.650. The maximum Gasteiger partial charge on any atom is 0.303 e. The third-order valence-electron chi connectivity index (χ3n) is 10.3. The second-order valence-corrected chi connectivity index (χ2v) is 11.4. The summed E-state index contributed by atoms with van der Waals surface area (Å²) in [6, 6.07) is 0. The van der Waals surface area contributed by atoms with Gasteiger partial charge in [0, 0.05) is 6.42 Å². The summed E-state index contributed by atoms with van der Waals surface area (Å²) in [5.74, 6) is 0.997. The van der Waals surface area contributed by atoms with E-state index in [9.17, 15) is 20.1 Å². The summed E-state index contributed by atoms with van der Waals surface area (Å²) in [6.45, 7) is 6.72. The average molecular weight is 409 g/mol. The van der Waals surface area contributed by atoms with Gasteiger partial charge in [-0.3, -0.25) is 4.79 Å². The monoisotopic (exact) mass is 408 g/mol. The van der Waals surface area contributed by atoms with E-state index in [0.717, 1.165) is 44.9 Å². The number of fused-ring (bicyclic) bond motifs is 5. The molecular weight excluding hydrogens is 368 g/mol. The first-order valence-electron chi connectivity index (χ1n) is 11.8. The fraction of sp³-hybridized carbons (Fsp3) is 0.958. The molecule has 0 aromatic rings. The van der Waals surface area contributed by atoms with Crippen molar-refractivity contribution in [2.24, 2.45) is 46.3 Å². The van der Waals surface area contributed by atoms with Crippen LogP contribution in [0.15, 0.2) is 0 Å². The molecule has 29 heavy (non-hydrogen) atoms. The molecule has 4 aliphatic carbocycles. The lowest BCUT2D eigenvalue weighted by Crippen LogP contribution is -2.62. The van der Waals surface area contributed by atoms with Crippen LogP contribution in [0.1, 0.15) is 78.6 Å². The van der Waals surface area contributed by atoms with E-state index >= 15 is 0 Å². The topological polar surface area (TPSA) is 98.0 Å². The zero-order valence-electron chi connectivity index (χ0n) is 18.3. The van der Waals surface area contributed by atoms with Crippen molar-refractivity contribution in [2.45, 2.75) is 96.9 Å². The molecule has 0 amide bonds. The SMILES string of the molecule is CC(CCC(=O)O)C1CC[C@H]2C3C(C[C@H](O)[C@]12C)[C@@]1(C)CC[C@@H](O)C[C@H]1C[C@H]3O. The Balaban J connectivity index is 1.61. The van der Waals surface area contributed by atoms with E-state index in [2.05, 4.69) is 20.8 Å². The van der Waals surface area contributed by atoms with Gasteiger partial charge in [0.1, 0.15) is 0 Å². The molecule has 0 spiro atoms. The van der Waals surface area contributed by atoms with Crippen LogP contribution in [0.4, 0.5) is 0 Å². The smallest absolute Gasteiger partial charge is 0.303 e. The van der Waals surface area contributed by atoms with Crippen LogP contribution in [0, 0.1) is 46.3 Å². The number of carboxylic acid groups (broad SMARTS) is 1. The molecule has 4 saturated carbocycles. The van der Waals surface area contributed by atoms with Crippen molar-refractivity contribution in [3.63, 3.8) is 0 Å². The van der Waals surface area contributed by atoms with Crippen LogP contribution in [0.5, 0.6) is 0 Å². The van der Waals surface area contributed by atoms with Crippen LogP contribution in [-0.4, -0.2) is 44.7 Å². The lowest BCUT2D eigenvalue weighted by Gasteiger charge is -2.63. The van der Waals surface area contributed by atoms with Gasteiger partial charge in [-0.05, 0) is 97.7 Å². The van der Waals surface area contributed by atoms with Gasteiger partial charge in [0.05, 0.1) is 18.3 Å². The van der Waals surface area contributed by atoms with E-state index in [-0.39, 0.29) is 41.3 Å². The summed E-state index contributed by atoms with van der Waals surface area (Å²) in [5.41, 5.74) is -0.143. The van der Waals surface area contributed by atoms with Crippen LogP contribution in [-0.2, 0) is 4.79 Å². The van der Waals surface area contributed by atoms with Crippen molar-refractivity contribution < 1.29 is 25.2 Å². The summed E-state index contributed by atoms with van der Waals surface area (Å²) in [7, 11) is 0. The average Bonchev–Trinajstić information content (AvgIpc) is 3.01. The lowest BCUT2D eigenvalue weighted by atomic mass is 9.43. The van der Waals surface area contributed by atoms with Crippen LogP contribution in [0.3, 0.4) is 0 Å². The highest BCUT2D eigenvalue weighted by Gasteiger charge is 2.65. The molecule has 4 unspecified atom stereocenters. The molecule has 0 heterocycles. The normalized spacial score (nSPS) is 52.9. The van der Waals surface area contributed by atoms with Gasteiger partial charge in [0.2, 0.25) is 0 Å². The van der Waals surface area contributed by atoms with Crippen LogP contribution >= 0.6 is 0 Å². The number of aliphatic hydroxyl groups excluding tert-OH is 3. The van der Waals surface area contributed by atoms with E-state index in [4.69, 9.17) is 5.11 Å². The Labute approximate surface area is 174 Å². The van der Waals surface area contributed by atoms with E-state index in [0.29, 0.717) is 30.1 Å². The first-order valence-corrected chi connectivity index (χ1v) is 11.8. The molecule has 0 aromatic heterocycles. The molecule has 0 radical (unpaired) electrons. The minimum Gasteiger partial charge on any atom is -0.481 e. The molecule has 0 saturated heterocycles. The van der Waals surface area contributed by atoms with Crippen molar-refractivity contribution in [3.05, 3.63) is 0 Å². The van der Waals surface area contributed by atoms with Gasteiger partial charge >= 0.3 is 5.97 Å². The molecule has 166 valence electrons. The van der Waals surface area contributed by atoms with Gasteiger partial charge < -0.3 is 20.4 Å². The molecule has 4 rings (SSSR count). The van der Waals surface area contributed by atoms with Gasteiger partial charge in [-0.2, -0.15) is 0 Å². The molecule has 0 bridgehead atoms. The van der Waals surface area contributed by atoms with Gasteiger partial charge in [0.25, 0.3) is 0 Å². The minimum atomic E-state index is -0.748. The Kier molecular flexibility index (Phi) is 5.57. The molecule has 4 N–H and O–H groups in total. The van der Waals surface area contributed by atoms with Crippen LogP contribution < -0.4 is 0 Å². The number of hydrogen-bond donors (Lipinski definition) is 4. The zero-order chi connectivity index (χ0) is 21.1. The third kappa shape index (κ3) is 3.27. The fourth-order valence-electron chi connectivity index (χ4n) is 8.68.